The van der Waals surface area contributed by atoms with Crippen LogP contribution in [0.25, 0.3) is 0 Å². The van der Waals surface area contributed by atoms with Crippen LogP contribution >= 0.6 is 0 Å². The lowest BCUT2D eigenvalue weighted by atomic mass is 9.95. The lowest BCUT2D eigenvalue weighted by molar-refractivity contribution is -0.129. The monoisotopic (exact) mass is 422 g/mol. The molecule has 0 aromatic carbocycles. The minimum atomic E-state index is 0.164. The molecule has 166 valence electrons. The van der Waals surface area contributed by atoms with E-state index in [9.17, 15) is 4.79 Å². The van der Waals surface area contributed by atoms with Gasteiger partial charge in [0.15, 0.2) is 0 Å². The number of anilines is 1. The normalized spacial score (nSPS) is 18.5. The predicted molar refractivity (Wildman–Crippen MR) is 122 cm³/mol. The van der Waals surface area contributed by atoms with Gasteiger partial charge in [-0.3, -0.25) is 9.78 Å². The fourth-order valence-corrected chi connectivity index (χ4v) is 4.64. The Morgan fingerprint density at radius 1 is 1.23 bits per heavy atom. The van der Waals surface area contributed by atoms with E-state index in [-0.39, 0.29) is 11.9 Å². The Kier molecular flexibility index (Phi) is 6.51. The molecule has 1 atom stereocenters. The first-order valence-electron chi connectivity index (χ1n) is 11.4. The molecule has 31 heavy (non-hydrogen) atoms. The number of nitrogens with zero attached hydrogens (tertiary/aromatic N) is 6. The van der Waals surface area contributed by atoms with Crippen LogP contribution in [0.15, 0.2) is 24.4 Å². The number of carbonyl (C=O) groups excluding carboxylic acids is 1. The highest BCUT2D eigenvalue weighted by Crippen LogP contribution is 2.32. The third-order valence-electron chi connectivity index (χ3n) is 6.78. The average Bonchev–Trinajstić information content (AvgIpc) is 2.78. The summed E-state index contributed by atoms with van der Waals surface area (Å²) in [5.74, 6) is 2.50. The van der Waals surface area contributed by atoms with Gasteiger partial charge in [-0.25, -0.2) is 9.97 Å². The van der Waals surface area contributed by atoms with E-state index in [0.717, 1.165) is 69.2 Å². The fourth-order valence-electron chi connectivity index (χ4n) is 4.64. The summed E-state index contributed by atoms with van der Waals surface area (Å²) in [6.45, 7) is 7.39. The Morgan fingerprint density at radius 2 is 2.00 bits per heavy atom. The maximum atomic E-state index is 11.7. The standard InChI is InChI=1S/C24H34N6O/c1-17(15-20-7-5-6-11-25-20)29(4)24-21-16-28(3)12-10-22(21)26-23(27-24)19-8-13-30(14-9-19)18(2)31/h5-7,11,17,19H,8-10,12-16H2,1-4H3/t17-/m0/s1. The number of carbonyl (C=O) groups is 1. The van der Waals surface area contributed by atoms with Gasteiger partial charge < -0.3 is 14.7 Å². The van der Waals surface area contributed by atoms with Crippen molar-refractivity contribution in [2.45, 2.75) is 58.0 Å². The minimum absolute atomic E-state index is 0.164. The van der Waals surface area contributed by atoms with E-state index in [1.165, 1.54) is 11.3 Å². The van der Waals surface area contributed by atoms with Crippen LogP contribution in [0.3, 0.4) is 0 Å². The zero-order valence-electron chi connectivity index (χ0n) is 19.2. The molecule has 0 unspecified atom stereocenters. The molecular formula is C24H34N6O. The second-order valence-electron chi connectivity index (χ2n) is 9.08. The van der Waals surface area contributed by atoms with Crippen LogP contribution in [0.5, 0.6) is 0 Å². The highest BCUT2D eigenvalue weighted by Gasteiger charge is 2.29. The topological polar surface area (TPSA) is 65.5 Å². The highest BCUT2D eigenvalue weighted by atomic mass is 16.2. The molecule has 1 saturated heterocycles. The molecule has 4 heterocycles. The molecule has 7 heteroatoms. The van der Waals surface area contributed by atoms with Crippen molar-refractivity contribution in [1.82, 2.24) is 24.8 Å². The first-order chi connectivity index (χ1) is 14.9. The van der Waals surface area contributed by atoms with Crippen molar-refractivity contribution in [3.63, 3.8) is 0 Å². The third-order valence-corrected chi connectivity index (χ3v) is 6.78. The van der Waals surface area contributed by atoms with Gasteiger partial charge in [0.25, 0.3) is 0 Å². The van der Waals surface area contributed by atoms with Crippen LogP contribution in [0.2, 0.25) is 0 Å². The van der Waals surface area contributed by atoms with Gasteiger partial charge in [-0.15, -0.1) is 0 Å². The first kappa shape index (κ1) is 21.7. The lowest BCUT2D eigenvalue weighted by Gasteiger charge is -2.35. The van der Waals surface area contributed by atoms with Gasteiger partial charge in [-0.1, -0.05) is 6.07 Å². The van der Waals surface area contributed by atoms with Gasteiger partial charge in [-0.2, -0.15) is 0 Å². The van der Waals surface area contributed by atoms with Crippen LogP contribution in [-0.2, 0) is 24.2 Å². The smallest absolute Gasteiger partial charge is 0.219 e. The Bertz CT molecular complexity index is 910. The summed E-state index contributed by atoms with van der Waals surface area (Å²) in [4.78, 5) is 33.0. The van der Waals surface area contributed by atoms with Gasteiger partial charge in [0.2, 0.25) is 5.91 Å². The van der Waals surface area contributed by atoms with E-state index >= 15 is 0 Å². The summed E-state index contributed by atoms with van der Waals surface area (Å²) in [6, 6.07) is 6.36. The van der Waals surface area contributed by atoms with E-state index < -0.39 is 0 Å². The van der Waals surface area contributed by atoms with Gasteiger partial charge in [0.05, 0.1) is 5.69 Å². The maximum absolute atomic E-state index is 11.7. The molecule has 2 aromatic rings. The third kappa shape index (κ3) is 4.87. The molecule has 0 aliphatic carbocycles. The highest BCUT2D eigenvalue weighted by molar-refractivity contribution is 5.73. The van der Waals surface area contributed by atoms with Gasteiger partial charge in [0.1, 0.15) is 11.6 Å². The molecule has 2 aliphatic rings. The zero-order valence-corrected chi connectivity index (χ0v) is 19.2. The molecule has 1 amide bonds. The summed E-state index contributed by atoms with van der Waals surface area (Å²) in [7, 11) is 4.31. The molecule has 2 aliphatic heterocycles. The summed E-state index contributed by atoms with van der Waals surface area (Å²) in [5, 5.41) is 0. The van der Waals surface area contributed by atoms with E-state index in [0.29, 0.717) is 5.92 Å². The maximum Gasteiger partial charge on any atom is 0.219 e. The van der Waals surface area contributed by atoms with E-state index in [1.54, 1.807) is 6.92 Å². The molecule has 4 rings (SSSR count). The average molecular weight is 423 g/mol. The number of aromatic nitrogens is 3. The van der Waals surface area contributed by atoms with E-state index in [1.807, 2.05) is 23.2 Å². The molecule has 0 radical (unpaired) electrons. The van der Waals surface area contributed by atoms with Crippen LogP contribution < -0.4 is 4.90 Å². The Morgan fingerprint density at radius 3 is 2.68 bits per heavy atom. The van der Waals surface area contributed by atoms with Crippen LogP contribution in [0.4, 0.5) is 5.82 Å². The van der Waals surface area contributed by atoms with Crippen molar-refractivity contribution >= 4 is 11.7 Å². The molecule has 0 spiro atoms. The summed E-state index contributed by atoms with van der Waals surface area (Å²) in [6.07, 6.45) is 5.56. The number of fused-ring (bicyclic) bond motifs is 1. The Labute approximate surface area is 185 Å². The zero-order chi connectivity index (χ0) is 22.0. The van der Waals surface area contributed by atoms with Crippen LogP contribution in [0.1, 0.15) is 55.4 Å². The summed E-state index contributed by atoms with van der Waals surface area (Å²) in [5.41, 5.74) is 3.55. The van der Waals surface area contributed by atoms with E-state index in [4.69, 9.17) is 9.97 Å². The molecule has 7 nitrogen and oxygen atoms in total. The SMILES string of the molecule is CC(=O)N1CCC(c2nc3c(c(N(C)[C@@H](C)Cc4ccccn4)n2)CN(C)CC3)CC1. The minimum Gasteiger partial charge on any atom is -0.356 e. The molecule has 0 N–H and O–H groups in total. The number of likely N-dealkylation sites (tertiary alicyclic amines) is 1. The Balaban J connectivity index is 1.61. The van der Waals surface area contributed by atoms with E-state index in [2.05, 4.69) is 41.9 Å². The van der Waals surface area contributed by atoms with Gasteiger partial charge in [0, 0.05) is 82.4 Å². The Hall–Kier alpha value is -2.54. The quantitative estimate of drug-likeness (QED) is 0.738. The second-order valence-corrected chi connectivity index (χ2v) is 9.08. The second kappa shape index (κ2) is 9.30. The number of piperidine rings is 1. The summed E-state index contributed by atoms with van der Waals surface area (Å²) < 4.78 is 0. The molecule has 0 saturated carbocycles. The number of likely N-dealkylation sites (N-methyl/N-ethyl adjacent to an activating group) is 2. The molecule has 0 bridgehead atoms. The van der Waals surface area contributed by atoms with Gasteiger partial charge >= 0.3 is 0 Å². The van der Waals surface area contributed by atoms with Crippen LogP contribution in [-0.4, -0.2) is 70.4 Å². The number of amides is 1. The fraction of sp³-hybridized carbons (Fsp3) is 0.583. The van der Waals surface area contributed by atoms with Crippen molar-refractivity contribution < 1.29 is 4.79 Å². The van der Waals surface area contributed by atoms with Crippen molar-refractivity contribution in [3.05, 3.63) is 47.2 Å². The van der Waals surface area contributed by atoms with Crippen molar-refractivity contribution in [1.29, 1.82) is 0 Å². The molecular weight excluding hydrogens is 388 g/mol. The lowest BCUT2D eigenvalue weighted by Crippen LogP contribution is -2.38. The molecule has 2 aromatic heterocycles. The van der Waals surface area contributed by atoms with Crippen molar-refractivity contribution in [2.75, 3.05) is 38.6 Å². The first-order valence-corrected chi connectivity index (χ1v) is 11.4. The predicted octanol–water partition coefficient (Wildman–Crippen LogP) is 2.65. The van der Waals surface area contributed by atoms with Crippen molar-refractivity contribution in [3.8, 4) is 0 Å². The van der Waals surface area contributed by atoms with Crippen LogP contribution in [0, 0.1) is 0 Å². The van der Waals surface area contributed by atoms with Crippen molar-refractivity contribution in [2.24, 2.45) is 0 Å². The molecule has 1 fully saturated rings. The number of pyridine rings is 1. The summed E-state index contributed by atoms with van der Waals surface area (Å²) >= 11 is 0. The largest absolute Gasteiger partial charge is 0.356 e. The number of hydrogen-bond acceptors (Lipinski definition) is 6. The number of hydrogen-bond donors (Lipinski definition) is 0. The number of rotatable bonds is 5. The van der Waals surface area contributed by atoms with Gasteiger partial charge in [-0.05, 0) is 38.9 Å².